The van der Waals surface area contributed by atoms with Crippen LogP contribution < -0.4 is 0 Å². The van der Waals surface area contributed by atoms with E-state index >= 15 is 0 Å². The zero-order valence-corrected chi connectivity index (χ0v) is 15.2. The number of aromatic nitrogens is 2. The van der Waals surface area contributed by atoms with Crippen LogP contribution in [0.5, 0.6) is 0 Å². The molecule has 1 aromatic carbocycles. The van der Waals surface area contributed by atoms with E-state index in [4.69, 9.17) is 4.74 Å². The molecule has 3 heterocycles. The molecule has 4 rings (SSSR count). The number of ether oxygens (including phenoxy) is 1. The zero-order chi connectivity index (χ0) is 17.8. The first-order valence-corrected chi connectivity index (χ1v) is 9.74. The maximum Gasteiger partial charge on any atom is 0.225 e. The van der Waals surface area contributed by atoms with E-state index in [1.165, 1.54) is 16.8 Å². The lowest BCUT2D eigenvalue weighted by Gasteiger charge is -2.35. The van der Waals surface area contributed by atoms with Crippen LogP contribution in [0, 0.1) is 5.92 Å². The lowest BCUT2D eigenvalue weighted by molar-refractivity contribution is -0.139. The normalized spacial score (nSPS) is 19.6. The Bertz CT molecular complexity index is 714. The first kappa shape index (κ1) is 17.3. The summed E-state index contributed by atoms with van der Waals surface area (Å²) < 4.78 is 5.38. The molecule has 0 saturated carbocycles. The van der Waals surface area contributed by atoms with Gasteiger partial charge in [0.25, 0.3) is 0 Å². The number of H-pyrrole nitrogens is 1. The number of hydrogen-bond acceptors (Lipinski definition) is 3. The summed E-state index contributed by atoms with van der Waals surface area (Å²) in [5, 5.41) is 7.53. The third-order valence-corrected chi connectivity index (χ3v) is 5.77. The highest BCUT2D eigenvalue weighted by atomic mass is 16.5. The molecule has 138 valence electrons. The van der Waals surface area contributed by atoms with Gasteiger partial charge < -0.3 is 9.64 Å². The third kappa shape index (κ3) is 3.83. The van der Waals surface area contributed by atoms with Crippen molar-refractivity contribution in [2.24, 2.45) is 5.92 Å². The quantitative estimate of drug-likeness (QED) is 0.919. The van der Waals surface area contributed by atoms with Gasteiger partial charge in [-0.15, -0.1) is 0 Å². The number of amides is 1. The molecule has 2 aliphatic rings. The zero-order valence-electron chi connectivity index (χ0n) is 15.2. The summed E-state index contributed by atoms with van der Waals surface area (Å²) in [5.74, 6) is 0.969. The fraction of sp³-hybridized carbons (Fsp3) is 0.524. The molecule has 0 atom stereocenters. The molecule has 1 amide bonds. The third-order valence-electron chi connectivity index (χ3n) is 5.77. The monoisotopic (exact) mass is 353 g/mol. The fourth-order valence-electron chi connectivity index (χ4n) is 4.22. The van der Waals surface area contributed by atoms with Crippen LogP contribution in [0.4, 0.5) is 0 Å². The Labute approximate surface area is 154 Å². The van der Waals surface area contributed by atoms with E-state index < -0.39 is 0 Å². The van der Waals surface area contributed by atoms with Gasteiger partial charge in [-0.2, -0.15) is 5.10 Å². The Kier molecular flexibility index (Phi) is 5.34. The van der Waals surface area contributed by atoms with E-state index in [0.29, 0.717) is 11.8 Å². The fourth-order valence-corrected chi connectivity index (χ4v) is 4.22. The van der Waals surface area contributed by atoms with Crippen molar-refractivity contribution in [2.45, 2.75) is 38.0 Å². The Morgan fingerprint density at radius 3 is 2.58 bits per heavy atom. The van der Waals surface area contributed by atoms with Gasteiger partial charge in [0, 0.05) is 50.3 Å². The van der Waals surface area contributed by atoms with E-state index in [1.54, 1.807) is 0 Å². The number of nitrogens with zero attached hydrogens (tertiary/aromatic N) is 2. The van der Waals surface area contributed by atoms with Crippen molar-refractivity contribution in [3.63, 3.8) is 0 Å². The summed E-state index contributed by atoms with van der Waals surface area (Å²) >= 11 is 0. The number of rotatable bonds is 4. The largest absolute Gasteiger partial charge is 0.381 e. The van der Waals surface area contributed by atoms with Gasteiger partial charge in [0.05, 0.1) is 6.20 Å². The van der Waals surface area contributed by atoms with Crippen molar-refractivity contribution in [3.8, 4) is 0 Å². The van der Waals surface area contributed by atoms with Gasteiger partial charge in [0.15, 0.2) is 0 Å². The van der Waals surface area contributed by atoms with Crippen LogP contribution in [0.2, 0.25) is 0 Å². The summed E-state index contributed by atoms with van der Waals surface area (Å²) in [6.45, 7) is 3.16. The molecule has 0 aliphatic carbocycles. The highest BCUT2D eigenvalue weighted by Crippen LogP contribution is 2.31. The van der Waals surface area contributed by atoms with Crippen molar-refractivity contribution in [1.82, 2.24) is 15.1 Å². The number of aromatic amines is 1. The van der Waals surface area contributed by atoms with Crippen molar-refractivity contribution >= 4 is 5.91 Å². The van der Waals surface area contributed by atoms with E-state index in [9.17, 15) is 4.79 Å². The number of hydrogen-bond donors (Lipinski definition) is 1. The SMILES string of the molecule is O=C(C1CCOCC1)N1CCC(c2[nH]ncc2Cc2ccccc2)CC1. The minimum absolute atomic E-state index is 0.168. The van der Waals surface area contributed by atoms with E-state index in [-0.39, 0.29) is 5.92 Å². The van der Waals surface area contributed by atoms with E-state index in [0.717, 1.165) is 58.4 Å². The maximum atomic E-state index is 12.7. The highest BCUT2D eigenvalue weighted by molar-refractivity contribution is 5.79. The van der Waals surface area contributed by atoms with Crippen molar-refractivity contribution in [1.29, 1.82) is 0 Å². The number of carbonyl (C=O) groups is 1. The molecule has 5 heteroatoms. The predicted octanol–water partition coefficient (Wildman–Crippen LogP) is 3.13. The molecule has 2 aliphatic heterocycles. The maximum absolute atomic E-state index is 12.7. The van der Waals surface area contributed by atoms with Gasteiger partial charge in [0.2, 0.25) is 5.91 Å². The number of benzene rings is 1. The average Bonchev–Trinajstić information content (AvgIpc) is 3.17. The molecular formula is C21H27N3O2. The Morgan fingerprint density at radius 1 is 1.12 bits per heavy atom. The Hall–Kier alpha value is -2.14. The molecule has 26 heavy (non-hydrogen) atoms. The van der Waals surface area contributed by atoms with E-state index in [1.807, 2.05) is 12.3 Å². The number of piperidine rings is 1. The van der Waals surface area contributed by atoms with Crippen LogP contribution in [-0.4, -0.2) is 47.3 Å². The molecular weight excluding hydrogens is 326 g/mol. The number of nitrogens with one attached hydrogen (secondary N) is 1. The van der Waals surface area contributed by atoms with Gasteiger partial charge in [-0.05, 0) is 36.8 Å². The highest BCUT2D eigenvalue weighted by Gasteiger charge is 2.30. The molecule has 0 unspecified atom stereocenters. The Morgan fingerprint density at radius 2 is 1.85 bits per heavy atom. The molecule has 1 N–H and O–H groups in total. The molecule has 2 fully saturated rings. The van der Waals surface area contributed by atoms with E-state index in [2.05, 4.69) is 39.4 Å². The van der Waals surface area contributed by atoms with Crippen LogP contribution in [0.3, 0.4) is 0 Å². The standard InChI is InChI=1S/C21H27N3O2/c25-21(18-8-12-26-13-9-18)24-10-6-17(7-11-24)20-19(15-22-23-20)14-16-4-2-1-3-5-16/h1-5,15,17-18H,6-14H2,(H,22,23). The van der Waals surface area contributed by atoms with Crippen LogP contribution in [-0.2, 0) is 16.0 Å². The first-order chi connectivity index (χ1) is 12.8. The predicted molar refractivity (Wildman–Crippen MR) is 99.9 cm³/mol. The molecule has 2 aromatic rings. The molecule has 0 bridgehead atoms. The lowest BCUT2D eigenvalue weighted by atomic mass is 9.88. The van der Waals surface area contributed by atoms with Gasteiger partial charge in [0.1, 0.15) is 0 Å². The minimum atomic E-state index is 0.168. The van der Waals surface area contributed by atoms with Crippen LogP contribution >= 0.6 is 0 Å². The molecule has 2 saturated heterocycles. The minimum Gasteiger partial charge on any atom is -0.381 e. The smallest absolute Gasteiger partial charge is 0.225 e. The molecule has 0 radical (unpaired) electrons. The molecule has 5 nitrogen and oxygen atoms in total. The molecule has 0 spiro atoms. The second kappa shape index (κ2) is 8.04. The van der Waals surface area contributed by atoms with Crippen LogP contribution in [0.1, 0.15) is 48.4 Å². The summed E-state index contributed by atoms with van der Waals surface area (Å²) in [7, 11) is 0. The van der Waals surface area contributed by atoms with Crippen LogP contribution in [0.25, 0.3) is 0 Å². The van der Waals surface area contributed by atoms with Crippen molar-refractivity contribution in [3.05, 3.63) is 53.3 Å². The summed E-state index contributed by atoms with van der Waals surface area (Å²) in [6.07, 6.45) is 6.65. The first-order valence-electron chi connectivity index (χ1n) is 9.74. The molecule has 1 aromatic heterocycles. The summed E-state index contributed by atoms with van der Waals surface area (Å²) in [4.78, 5) is 14.8. The topological polar surface area (TPSA) is 58.2 Å². The number of carbonyl (C=O) groups excluding carboxylic acids is 1. The second-order valence-corrected chi connectivity index (χ2v) is 7.46. The Balaban J connectivity index is 1.36. The number of likely N-dealkylation sites (tertiary alicyclic amines) is 1. The summed E-state index contributed by atoms with van der Waals surface area (Å²) in [5.41, 5.74) is 3.85. The lowest BCUT2D eigenvalue weighted by Crippen LogP contribution is -2.42. The summed E-state index contributed by atoms with van der Waals surface area (Å²) in [6, 6.07) is 10.5. The van der Waals surface area contributed by atoms with Crippen LogP contribution in [0.15, 0.2) is 36.5 Å². The van der Waals surface area contributed by atoms with Gasteiger partial charge in [-0.3, -0.25) is 9.89 Å². The van der Waals surface area contributed by atoms with Gasteiger partial charge in [-0.25, -0.2) is 0 Å². The van der Waals surface area contributed by atoms with Gasteiger partial charge in [-0.1, -0.05) is 30.3 Å². The van der Waals surface area contributed by atoms with Crippen molar-refractivity contribution < 1.29 is 9.53 Å². The second-order valence-electron chi connectivity index (χ2n) is 7.46. The van der Waals surface area contributed by atoms with Gasteiger partial charge >= 0.3 is 0 Å². The average molecular weight is 353 g/mol. The van der Waals surface area contributed by atoms with Crippen molar-refractivity contribution in [2.75, 3.05) is 26.3 Å².